The van der Waals surface area contributed by atoms with Gasteiger partial charge >= 0.3 is 0 Å². The topological polar surface area (TPSA) is 73.8 Å². The van der Waals surface area contributed by atoms with Crippen LogP contribution in [0, 0.1) is 6.92 Å². The van der Waals surface area contributed by atoms with Crippen LogP contribution in [0.3, 0.4) is 0 Å². The highest BCUT2D eigenvalue weighted by Gasteiger charge is 2.19. The Kier molecular flexibility index (Phi) is 4.67. The Labute approximate surface area is 178 Å². The van der Waals surface area contributed by atoms with E-state index in [1.807, 2.05) is 73.7 Å². The summed E-state index contributed by atoms with van der Waals surface area (Å²) in [4.78, 5) is 17.7. The van der Waals surface area contributed by atoms with Crippen LogP contribution in [0.1, 0.15) is 18.1 Å². The van der Waals surface area contributed by atoms with Crippen LogP contribution in [-0.4, -0.2) is 19.9 Å². The summed E-state index contributed by atoms with van der Waals surface area (Å²) in [6.45, 7) is 4.12. The van der Waals surface area contributed by atoms with E-state index >= 15 is 0 Å². The highest BCUT2D eigenvalue weighted by molar-refractivity contribution is 5.92. The number of hydrogen-bond acceptors (Lipinski definition) is 5. The van der Waals surface area contributed by atoms with Crippen molar-refractivity contribution in [2.75, 3.05) is 0 Å². The molecule has 6 nitrogen and oxygen atoms in total. The van der Waals surface area contributed by atoms with Crippen molar-refractivity contribution in [1.29, 1.82) is 0 Å². The summed E-state index contributed by atoms with van der Waals surface area (Å²) in [5.41, 5.74) is 4.17. The van der Waals surface area contributed by atoms with Crippen molar-refractivity contribution < 1.29 is 4.52 Å². The first kappa shape index (κ1) is 18.9. The zero-order valence-corrected chi connectivity index (χ0v) is 17.2. The molecule has 0 fully saturated rings. The average molecular weight is 408 g/mol. The molecule has 31 heavy (non-hydrogen) atoms. The molecule has 0 unspecified atom stereocenters. The summed E-state index contributed by atoms with van der Waals surface area (Å²) in [6.07, 6.45) is 0.926. The number of nitrogens with zero attached hydrogens (tertiary/aromatic N) is 4. The van der Waals surface area contributed by atoms with Crippen molar-refractivity contribution in [1.82, 2.24) is 19.9 Å². The van der Waals surface area contributed by atoms with Gasteiger partial charge in [0.2, 0.25) is 5.82 Å². The Morgan fingerprint density at radius 2 is 1.61 bits per heavy atom. The first-order valence-electron chi connectivity index (χ1n) is 10.2. The van der Waals surface area contributed by atoms with Crippen molar-refractivity contribution in [3.63, 3.8) is 0 Å². The van der Waals surface area contributed by atoms with Crippen LogP contribution in [0.5, 0.6) is 0 Å². The molecule has 5 aromatic rings. The van der Waals surface area contributed by atoms with Crippen molar-refractivity contribution in [2.45, 2.75) is 20.3 Å². The minimum absolute atomic E-state index is 0.193. The fraction of sp³-hybridized carbons (Fsp3) is 0.120. The van der Waals surface area contributed by atoms with Crippen molar-refractivity contribution in [3.8, 4) is 28.7 Å². The average Bonchev–Trinajstić information content (AvgIpc) is 3.30. The summed E-state index contributed by atoms with van der Waals surface area (Å²) in [5.74, 6) is 0.747. The van der Waals surface area contributed by atoms with E-state index in [4.69, 9.17) is 4.52 Å². The number of benzene rings is 3. The van der Waals surface area contributed by atoms with Gasteiger partial charge in [-0.25, -0.2) is 0 Å². The summed E-state index contributed by atoms with van der Waals surface area (Å²) >= 11 is 0. The van der Waals surface area contributed by atoms with Gasteiger partial charge in [0, 0.05) is 10.9 Å². The SMILES string of the molecule is CCc1ccc(-n2nc(-c3nc(-c4ccc(C)cc4)no3)c3ccccc3c2=O)cc1. The second kappa shape index (κ2) is 7.65. The van der Waals surface area contributed by atoms with Gasteiger partial charge in [0.25, 0.3) is 11.4 Å². The lowest BCUT2D eigenvalue weighted by molar-refractivity contribution is 0.430. The van der Waals surface area contributed by atoms with Gasteiger partial charge in [0.05, 0.1) is 11.1 Å². The zero-order chi connectivity index (χ0) is 21.4. The summed E-state index contributed by atoms with van der Waals surface area (Å²) in [6, 6.07) is 23.0. The number of aromatic nitrogens is 4. The second-order valence-corrected chi connectivity index (χ2v) is 7.42. The first-order chi connectivity index (χ1) is 15.1. The smallest absolute Gasteiger partial charge is 0.279 e. The Bertz CT molecular complexity index is 1430. The minimum Gasteiger partial charge on any atom is -0.332 e. The normalized spacial score (nSPS) is 11.2. The summed E-state index contributed by atoms with van der Waals surface area (Å²) in [5, 5.41) is 9.98. The van der Waals surface area contributed by atoms with Crippen LogP contribution >= 0.6 is 0 Å². The van der Waals surface area contributed by atoms with Crippen LogP contribution < -0.4 is 5.56 Å². The molecular formula is C25H20N4O2. The monoisotopic (exact) mass is 408 g/mol. The molecule has 0 spiro atoms. The number of aryl methyl sites for hydroxylation is 2. The first-order valence-corrected chi connectivity index (χ1v) is 10.2. The predicted octanol–water partition coefficient (Wildman–Crippen LogP) is 4.97. The minimum atomic E-state index is -0.193. The van der Waals surface area contributed by atoms with Crippen LogP contribution in [0.25, 0.3) is 39.4 Å². The second-order valence-electron chi connectivity index (χ2n) is 7.42. The summed E-state index contributed by atoms with van der Waals surface area (Å²) in [7, 11) is 0. The van der Waals surface area contributed by atoms with E-state index in [0.717, 1.165) is 17.5 Å². The van der Waals surface area contributed by atoms with E-state index in [1.165, 1.54) is 10.2 Å². The molecule has 0 bridgehead atoms. The Hall–Kier alpha value is -4.06. The molecule has 152 valence electrons. The molecule has 0 aliphatic carbocycles. The quantitative estimate of drug-likeness (QED) is 0.420. The molecular weight excluding hydrogens is 388 g/mol. The standard InChI is InChI=1S/C25H20N4O2/c1-3-17-10-14-19(15-11-17)29-25(30)21-7-5-4-6-20(21)22(27-29)24-26-23(28-31-24)18-12-8-16(2)9-13-18/h4-15H,3H2,1-2H3. The molecule has 0 aliphatic rings. The lowest BCUT2D eigenvalue weighted by Crippen LogP contribution is -2.22. The molecule has 0 N–H and O–H groups in total. The highest BCUT2D eigenvalue weighted by atomic mass is 16.5. The largest absolute Gasteiger partial charge is 0.332 e. The molecule has 0 amide bonds. The van der Waals surface area contributed by atoms with Gasteiger partial charge in [0.15, 0.2) is 5.69 Å². The molecule has 0 aliphatic heterocycles. The third-order valence-corrected chi connectivity index (χ3v) is 5.33. The Morgan fingerprint density at radius 3 is 2.32 bits per heavy atom. The number of hydrogen-bond donors (Lipinski definition) is 0. The van der Waals surface area contributed by atoms with E-state index in [-0.39, 0.29) is 11.4 Å². The van der Waals surface area contributed by atoms with Crippen molar-refractivity contribution in [3.05, 3.63) is 94.3 Å². The maximum atomic E-state index is 13.2. The maximum Gasteiger partial charge on any atom is 0.279 e. The fourth-order valence-corrected chi connectivity index (χ4v) is 3.53. The molecule has 0 saturated heterocycles. The highest BCUT2D eigenvalue weighted by Crippen LogP contribution is 2.26. The molecule has 5 rings (SSSR count). The van der Waals surface area contributed by atoms with Gasteiger partial charge in [-0.15, -0.1) is 0 Å². The maximum absolute atomic E-state index is 13.2. The molecule has 0 saturated carbocycles. The van der Waals surface area contributed by atoms with Crippen LogP contribution in [0.4, 0.5) is 0 Å². The van der Waals surface area contributed by atoms with Crippen molar-refractivity contribution in [2.24, 2.45) is 0 Å². The third-order valence-electron chi connectivity index (χ3n) is 5.33. The molecule has 6 heteroatoms. The predicted molar refractivity (Wildman–Crippen MR) is 120 cm³/mol. The Morgan fingerprint density at radius 1 is 0.903 bits per heavy atom. The van der Waals surface area contributed by atoms with Gasteiger partial charge in [0.1, 0.15) is 0 Å². The van der Waals surface area contributed by atoms with E-state index < -0.39 is 0 Å². The molecule has 2 aromatic heterocycles. The van der Waals surface area contributed by atoms with Gasteiger partial charge in [-0.3, -0.25) is 4.79 Å². The molecule has 0 atom stereocenters. The van der Waals surface area contributed by atoms with E-state index in [2.05, 4.69) is 22.2 Å². The van der Waals surface area contributed by atoms with Crippen molar-refractivity contribution >= 4 is 10.8 Å². The number of fused-ring (bicyclic) bond motifs is 1. The zero-order valence-electron chi connectivity index (χ0n) is 17.2. The third kappa shape index (κ3) is 3.42. The van der Waals surface area contributed by atoms with E-state index in [1.54, 1.807) is 6.07 Å². The van der Waals surface area contributed by atoms with Gasteiger partial charge < -0.3 is 4.52 Å². The summed E-state index contributed by atoms with van der Waals surface area (Å²) < 4.78 is 6.97. The molecule has 0 radical (unpaired) electrons. The van der Waals surface area contributed by atoms with E-state index in [9.17, 15) is 4.79 Å². The lowest BCUT2D eigenvalue weighted by atomic mass is 10.1. The lowest BCUT2D eigenvalue weighted by Gasteiger charge is -2.09. The van der Waals surface area contributed by atoms with Crippen LogP contribution in [-0.2, 0) is 6.42 Å². The van der Waals surface area contributed by atoms with E-state index in [0.29, 0.717) is 28.0 Å². The van der Waals surface area contributed by atoms with Gasteiger partial charge in [-0.2, -0.15) is 14.8 Å². The van der Waals surface area contributed by atoms with Gasteiger partial charge in [-0.1, -0.05) is 72.2 Å². The van der Waals surface area contributed by atoms with Crippen LogP contribution in [0.15, 0.2) is 82.1 Å². The van der Waals surface area contributed by atoms with Crippen LogP contribution in [0.2, 0.25) is 0 Å². The fourth-order valence-electron chi connectivity index (χ4n) is 3.53. The molecule has 3 aromatic carbocycles. The van der Waals surface area contributed by atoms with Gasteiger partial charge in [-0.05, 0) is 37.1 Å². The molecule has 2 heterocycles. The Balaban J connectivity index is 1.69. The number of rotatable bonds is 4.